The first kappa shape index (κ1) is 24.2. The molecule has 0 spiro atoms. The van der Waals surface area contributed by atoms with Crippen LogP contribution in [0.5, 0.6) is 0 Å². The lowest BCUT2D eigenvalue weighted by atomic mass is 10.0. The van der Waals surface area contributed by atoms with Gasteiger partial charge in [-0.25, -0.2) is 4.39 Å². The van der Waals surface area contributed by atoms with Crippen LogP contribution in [0.3, 0.4) is 0 Å². The average Bonchev–Trinajstić information content (AvgIpc) is 3.21. The van der Waals surface area contributed by atoms with E-state index in [4.69, 9.17) is 4.74 Å². The second-order valence-corrected chi connectivity index (χ2v) is 8.09. The number of halogens is 1. The highest BCUT2D eigenvalue weighted by molar-refractivity contribution is 6.34. The Hall–Kier alpha value is -3.46. The van der Waals surface area contributed by atoms with Crippen LogP contribution in [-0.2, 0) is 14.3 Å². The van der Waals surface area contributed by atoms with Crippen molar-refractivity contribution in [3.8, 4) is 0 Å². The zero-order valence-corrected chi connectivity index (χ0v) is 19.5. The molecule has 1 unspecified atom stereocenters. The molecule has 0 saturated heterocycles. The monoisotopic (exact) mass is 456 g/mol. The average molecular weight is 457 g/mol. The molecule has 0 bridgehead atoms. The molecule has 33 heavy (non-hydrogen) atoms. The molecule has 2 aromatic rings. The van der Waals surface area contributed by atoms with Gasteiger partial charge in [-0.3, -0.25) is 14.4 Å². The van der Waals surface area contributed by atoms with Crippen molar-refractivity contribution < 1.29 is 23.5 Å². The van der Waals surface area contributed by atoms with Gasteiger partial charge < -0.3 is 25.3 Å². The Morgan fingerprint density at radius 3 is 2.67 bits per heavy atom. The van der Waals surface area contributed by atoms with E-state index in [0.717, 1.165) is 0 Å². The Bertz CT molecular complexity index is 1120. The Balaban J connectivity index is 1.77. The standard InChI is InChI=1S/C24H29FN4O4/c1-6-33-20(24(32)29(4)5)9-10-26-23(31)21-13(2)19(27-14(21)3)12-17-16-11-15(25)7-8-18(16)28-22(17)30/h7-8,11-12,20,27H,6,9-10H2,1-5H3,(H,26,31)(H,28,30). The van der Waals surface area contributed by atoms with E-state index in [1.165, 1.54) is 23.1 Å². The maximum Gasteiger partial charge on any atom is 0.256 e. The maximum atomic E-state index is 13.7. The number of aryl methyl sites for hydroxylation is 1. The summed E-state index contributed by atoms with van der Waals surface area (Å²) in [6.45, 7) is 6.02. The van der Waals surface area contributed by atoms with E-state index in [0.29, 0.717) is 52.4 Å². The highest BCUT2D eigenvalue weighted by Crippen LogP contribution is 2.34. The number of aromatic nitrogens is 1. The van der Waals surface area contributed by atoms with E-state index in [9.17, 15) is 18.8 Å². The molecule has 8 nitrogen and oxygen atoms in total. The molecule has 0 aliphatic carbocycles. The summed E-state index contributed by atoms with van der Waals surface area (Å²) in [7, 11) is 3.32. The van der Waals surface area contributed by atoms with Crippen LogP contribution < -0.4 is 10.6 Å². The first-order valence-corrected chi connectivity index (χ1v) is 10.8. The second kappa shape index (κ2) is 9.99. The lowest BCUT2D eigenvalue weighted by molar-refractivity contribution is -0.141. The molecule has 3 rings (SSSR count). The predicted octanol–water partition coefficient (Wildman–Crippen LogP) is 2.88. The topological polar surface area (TPSA) is 104 Å². The van der Waals surface area contributed by atoms with Crippen LogP contribution in [0.4, 0.5) is 10.1 Å². The molecule has 1 atom stereocenters. The van der Waals surface area contributed by atoms with Crippen molar-refractivity contribution in [2.24, 2.45) is 0 Å². The third kappa shape index (κ3) is 5.14. The van der Waals surface area contributed by atoms with E-state index in [2.05, 4.69) is 15.6 Å². The van der Waals surface area contributed by atoms with Gasteiger partial charge in [0.05, 0.1) is 11.1 Å². The largest absolute Gasteiger partial charge is 0.369 e. The number of nitrogens with zero attached hydrogens (tertiary/aromatic N) is 1. The van der Waals surface area contributed by atoms with Gasteiger partial charge in [0.1, 0.15) is 11.9 Å². The van der Waals surface area contributed by atoms with E-state index in [1.807, 2.05) is 6.92 Å². The third-order valence-corrected chi connectivity index (χ3v) is 5.53. The van der Waals surface area contributed by atoms with Crippen LogP contribution >= 0.6 is 0 Å². The van der Waals surface area contributed by atoms with Crippen LogP contribution in [0.25, 0.3) is 11.6 Å². The fourth-order valence-corrected chi connectivity index (χ4v) is 3.88. The zero-order valence-electron chi connectivity index (χ0n) is 19.5. The number of hydrogen-bond acceptors (Lipinski definition) is 4. The lowest BCUT2D eigenvalue weighted by Crippen LogP contribution is -2.38. The maximum absolute atomic E-state index is 13.7. The number of rotatable bonds is 8. The molecule has 1 aromatic carbocycles. The highest BCUT2D eigenvalue weighted by atomic mass is 19.1. The molecule has 1 aliphatic rings. The van der Waals surface area contributed by atoms with Gasteiger partial charge in [-0.2, -0.15) is 0 Å². The predicted molar refractivity (Wildman–Crippen MR) is 124 cm³/mol. The van der Waals surface area contributed by atoms with Crippen molar-refractivity contribution in [1.82, 2.24) is 15.2 Å². The van der Waals surface area contributed by atoms with Crippen molar-refractivity contribution >= 4 is 35.1 Å². The van der Waals surface area contributed by atoms with E-state index >= 15 is 0 Å². The van der Waals surface area contributed by atoms with Crippen LogP contribution in [0.2, 0.25) is 0 Å². The highest BCUT2D eigenvalue weighted by Gasteiger charge is 2.26. The smallest absolute Gasteiger partial charge is 0.256 e. The van der Waals surface area contributed by atoms with Crippen molar-refractivity contribution in [2.45, 2.75) is 33.3 Å². The third-order valence-electron chi connectivity index (χ3n) is 5.53. The number of nitrogens with one attached hydrogen (secondary N) is 3. The van der Waals surface area contributed by atoms with Gasteiger partial charge in [-0.1, -0.05) is 0 Å². The van der Waals surface area contributed by atoms with Crippen LogP contribution in [-0.4, -0.2) is 61.0 Å². The fraction of sp³-hybridized carbons (Fsp3) is 0.375. The van der Waals surface area contributed by atoms with Crippen molar-refractivity contribution in [2.75, 3.05) is 32.6 Å². The molecule has 0 saturated carbocycles. The number of aromatic amines is 1. The Morgan fingerprint density at radius 1 is 1.27 bits per heavy atom. The number of anilines is 1. The number of hydrogen-bond donors (Lipinski definition) is 3. The van der Waals surface area contributed by atoms with Crippen molar-refractivity contribution in [3.63, 3.8) is 0 Å². The number of ether oxygens (including phenoxy) is 1. The zero-order chi connectivity index (χ0) is 24.3. The molecule has 0 radical (unpaired) electrons. The molecule has 176 valence electrons. The first-order valence-electron chi connectivity index (χ1n) is 10.8. The van der Waals surface area contributed by atoms with Crippen LogP contribution in [0, 0.1) is 19.7 Å². The van der Waals surface area contributed by atoms with Gasteiger partial charge in [-0.15, -0.1) is 0 Å². The summed E-state index contributed by atoms with van der Waals surface area (Å²) in [5, 5.41) is 5.56. The number of H-pyrrole nitrogens is 1. The molecule has 9 heteroatoms. The molecule has 3 N–H and O–H groups in total. The van der Waals surface area contributed by atoms with E-state index in [-0.39, 0.29) is 24.3 Å². The molecule has 3 amide bonds. The summed E-state index contributed by atoms with van der Waals surface area (Å²) in [5.74, 6) is -1.21. The number of fused-ring (bicyclic) bond motifs is 1. The summed E-state index contributed by atoms with van der Waals surface area (Å²) in [4.78, 5) is 42.1. The Morgan fingerprint density at radius 2 is 2.00 bits per heavy atom. The first-order chi connectivity index (χ1) is 15.6. The SMILES string of the molecule is CCOC(CCNC(=O)c1c(C)[nH]c(C=C2C(=O)Nc3ccc(F)cc32)c1C)C(=O)N(C)C. The van der Waals surface area contributed by atoms with Gasteiger partial charge >= 0.3 is 0 Å². The number of carbonyl (C=O) groups is 3. The summed E-state index contributed by atoms with van der Waals surface area (Å²) in [6, 6.07) is 4.12. The lowest BCUT2D eigenvalue weighted by Gasteiger charge is -2.20. The van der Waals surface area contributed by atoms with Gasteiger partial charge in [0.15, 0.2) is 0 Å². The van der Waals surface area contributed by atoms with Crippen molar-refractivity contribution in [3.05, 3.63) is 52.1 Å². The molecule has 1 aromatic heterocycles. The summed E-state index contributed by atoms with van der Waals surface area (Å²) in [6.07, 6.45) is 1.35. The molecular weight excluding hydrogens is 427 g/mol. The van der Waals surface area contributed by atoms with E-state index < -0.39 is 11.9 Å². The summed E-state index contributed by atoms with van der Waals surface area (Å²) < 4.78 is 19.2. The minimum atomic E-state index is -0.625. The number of benzene rings is 1. The minimum Gasteiger partial charge on any atom is -0.369 e. The Kier molecular flexibility index (Phi) is 7.33. The fourth-order valence-electron chi connectivity index (χ4n) is 3.88. The molecular formula is C24H29FN4O4. The van der Waals surface area contributed by atoms with Gasteiger partial charge in [0.2, 0.25) is 0 Å². The van der Waals surface area contributed by atoms with Crippen LogP contribution in [0.15, 0.2) is 18.2 Å². The quantitative estimate of drug-likeness (QED) is 0.532. The van der Waals surface area contributed by atoms with Gasteiger partial charge in [0.25, 0.3) is 17.7 Å². The number of likely N-dealkylation sites (N-methyl/N-ethyl adjacent to an activating group) is 1. The molecule has 2 heterocycles. The van der Waals surface area contributed by atoms with Crippen molar-refractivity contribution in [1.29, 1.82) is 0 Å². The summed E-state index contributed by atoms with van der Waals surface area (Å²) >= 11 is 0. The second-order valence-electron chi connectivity index (χ2n) is 8.09. The number of amides is 3. The molecule has 1 aliphatic heterocycles. The summed E-state index contributed by atoms with van der Waals surface area (Å²) in [5.41, 5.74) is 3.71. The van der Waals surface area contributed by atoms with Gasteiger partial charge in [0, 0.05) is 49.9 Å². The van der Waals surface area contributed by atoms with Gasteiger partial charge in [-0.05, 0) is 57.0 Å². The molecule has 0 fully saturated rings. The van der Waals surface area contributed by atoms with E-state index in [1.54, 1.807) is 34.0 Å². The minimum absolute atomic E-state index is 0.152. The normalized spacial score (nSPS) is 14.7. The Labute approximate surface area is 192 Å². The van der Waals surface area contributed by atoms with Crippen LogP contribution in [0.1, 0.15) is 46.2 Å². The number of carbonyl (C=O) groups excluding carboxylic acids is 3.